The molecule has 2 aromatic heterocycles. The number of aromatic nitrogens is 1. The third kappa shape index (κ3) is 3.67. The first-order valence-corrected chi connectivity index (χ1v) is 11.1. The Bertz CT molecular complexity index is 1240. The van der Waals surface area contributed by atoms with Crippen LogP contribution < -0.4 is 14.4 Å². The zero-order valence-electron chi connectivity index (χ0n) is 17.5. The predicted molar refractivity (Wildman–Crippen MR) is 122 cm³/mol. The fraction of sp³-hybridized carbons (Fsp3) is 0.304. The summed E-state index contributed by atoms with van der Waals surface area (Å²) in [4.78, 5) is 21.9. The van der Waals surface area contributed by atoms with Crippen LogP contribution in [0.4, 0.5) is 5.13 Å². The van der Waals surface area contributed by atoms with Crippen LogP contribution in [0.25, 0.3) is 21.2 Å². The number of furan rings is 1. The van der Waals surface area contributed by atoms with Crippen molar-refractivity contribution >= 4 is 43.6 Å². The Morgan fingerprint density at radius 1 is 1.16 bits per heavy atom. The standard InChI is InChI=1S/C23H23N3O4S/c1-3-29-18-6-4-5-15-13-19(30-21(15)18)22(27)25-9-11-26(12-10-25)23-24-17-8-7-16(28-2)14-20(17)31-23/h4-8,13-14H,3,9-12H2,1-2H3. The average molecular weight is 438 g/mol. The monoisotopic (exact) mass is 437 g/mol. The van der Waals surface area contributed by atoms with E-state index in [0.717, 1.165) is 39.6 Å². The minimum absolute atomic E-state index is 0.0904. The van der Waals surface area contributed by atoms with E-state index in [0.29, 0.717) is 36.8 Å². The van der Waals surface area contributed by atoms with E-state index in [2.05, 4.69) is 4.90 Å². The van der Waals surface area contributed by atoms with Crippen molar-refractivity contribution in [2.75, 3.05) is 44.8 Å². The van der Waals surface area contributed by atoms with E-state index in [1.54, 1.807) is 24.5 Å². The largest absolute Gasteiger partial charge is 0.497 e. The van der Waals surface area contributed by atoms with Crippen molar-refractivity contribution in [2.45, 2.75) is 6.92 Å². The van der Waals surface area contributed by atoms with Crippen LogP contribution in [-0.2, 0) is 0 Å². The van der Waals surface area contributed by atoms with Gasteiger partial charge in [0.15, 0.2) is 22.2 Å². The normalized spacial score (nSPS) is 14.4. The van der Waals surface area contributed by atoms with E-state index in [1.165, 1.54) is 0 Å². The number of para-hydroxylation sites is 1. The number of methoxy groups -OCH3 is 1. The summed E-state index contributed by atoms with van der Waals surface area (Å²) in [5, 5.41) is 1.85. The lowest BCUT2D eigenvalue weighted by Crippen LogP contribution is -2.48. The zero-order chi connectivity index (χ0) is 21.4. The number of rotatable bonds is 5. The molecule has 0 aliphatic carbocycles. The lowest BCUT2D eigenvalue weighted by Gasteiger charge is -2.34. The highest BCUT2D eigenvalue weighted by Crippen LogP contribution is 2.33. The molecule has 8 heteroatoms. The van der Waals surface area contributed by atoms with Crippen LogP contribution in [0.5, 0.6) is 11.5 Å². The average Bonchev–Trinajstić information content (AvgIpc) is 3.43. The molecular formula is C23H23N3O4S. The summed E-state index contributed by atoms with van der Waals surface area (Å²) >= 11 is 1.65. The summed E-state index contributed by atoms with van der Waals surface area (Å²) in [6.45, 7) is 5.17. The first-order chi connectivity index (χ1) is 15.2. The highest BCUT2D eigenvalue weighted by molar-refractivity contribution is 7.22. The molecule has 0 unspecified atom stereocenters. The van der Waals surface area contributed by atoms with Gasteiger partial charge in [0.2, 0.25) is 0 Å². The van der Waals surface area contributed by atoms with Gasteiger partial charge >= 0.3 is 0 Å². The summed E-state index contributed by atoms with van der Waals surface area (Å²) in [5.74, 6) is 1.75. The number of anilines is 1. The van der Waals surface area contributed by atoms with Gasteiger partial charge in [-0.3, -0.25) is 4.79 Å². The van der Waals surface area contributed by atoms with Gasteiger partial charge in [0.05, 0.1) is 23.9 Å². The van der Waals surface area contributed by atoms with Crippen LogP contribution >= 0.6 is 11.3 Å². The number of hydrogen-bond donors (Lipinski definition) is 0. The molecule has 4 aromatic rings. The van der Waals surface area contributed by atoms with Gasteiger partial charge in [-0.1, -0.05) is 23.5 Å². The molecule has 1 fully saturated rings. The Morgan fingerprint density at radius 3 is 2.77 bits per heavy atom. The molecule has 1 amide bonds. The van der Waals surface area contributed by atoms with Crippen LogP contribution in [0.2, 0.25) is 0 Å². The number of ether oxygens (including phenoxy) is 2. The third-order valence-electron chi connectivity index (χ3n) is 5.44. The molecule has 5 rings (SSSR count). The molecule has 0 N–H and O–H groups in total. The minimum Gasteiger partial charge on any atom is -0.497 e. The predicted octanol–water partition coefficient (Wildman–Crippen LogP) is 4.41. The quantitative estimate of drug-likeness (QED) is 0.461. The lowest BCUT2D eigenvalue weighted by molar-refractivity contribution is 0.0717. The van der Waals surface area contributed by atoms with E-state index in [4.69, 9.17) is 18.9 Å². The smallest absolute Gasteiger partial charge is 0.289 e. The third-order valence-corrected chi connectivity index (χ3v) is 6.52. The van der Waals surface area contributed by atoms with Gasteiger partial charge in [0, 0.05) is 31.6 Å². The molecular weight excluding hydrogens is 414 g/mol. The summed E-state index contributed by atoms with van der Waals surface area (Å²) in [5.41, 5.74) is 1.59. The molecule has 7 nitrogen and oxygen atoms in total. The number of benzene rings is 2. The molecule has 0 bridgehead atoms. The molecule has 0 saturated carbocycles. The molecule has 31 heavy (non-hydrogen) atoms. The van der Waals surface area contributed by atoms with Gasteiger partial charge in [-0.15, -0.1) is 0 Å². The second-order valence-electron chi connectivity index (χ2n) is 7.33. The highest BCUT2D eigenvalue weighted by Gasteiger charge is 2.26. The molecule has 0 radical (unpaired) electrons. The van der Waals surface area contributed by atoms with Crippen molar-refractivity contribution in [3.05, 3.63) is 48.2 Å². The Morgan fingerprint density at radius 2 is 2.00 bits per heavy atom. The Kier molecular flexibility index (Phi) is 5.15. The lowest BCUT2D eigenvalue weighted by atomic mass is 10.2. The number of hydrogen-bond acceptors (Lipinski definition) is 7. The van der Waals surface area contributed by atoms with Crippen molar-refractivity contribution in [3.8, 4) is 11.5 Å². The first kappa shape index (κ1) is 19.7. The topological polar surface area (TPSA) is 68.0 Å². The van der Waals surface area contributed by atoms with Gasteiger partial charge in [-0.05, 0) is 37.3 Å². The van der Waals surface area contributed by atoms with Crippen LogP contribution in [0, 0.1) is 0 Å². The molecule has 2 aromatic carbocycles. The second-order valence-corrected chi connectivity index (χ2v) is 8.34. The van der Waals surface area contributed by atoms with Crippen molar-refractivity contribution in [1.82, 2.24) is 9.88 Å². The Labute approximate surface area is 183 Å². The SMILES string of the molecule is CCOc1cccc2cc(C(=O)N3CCN(c4nc5ccc(OC)cc5s4)CC3)oc12. The summed E-state index contributed by atoms with van der Waals surface area (Å²) in [6.07, 6.45) is 0. The molecule has 3 heterocycles. The fourth-order valence-corrected chi connectivity index (χ4v) is 4.87. The maximum absolute atomic E-state index is 13.0. The maximum atomic E-state index is 13.0. The van der Waals surface area contributed by atoms with Crippen LogP contribution in [-0.4, -0.2) is 55.7 Å². The van der Waals surface area contributed by atoms with Crippen LogP contribution in [0.3, 0.4) is 0 Å². The summed E-state index contributed by atoms with van der Waals surface area (Å²) < 4.78 is 17.9. The van der Waals surface area contributed by atoms with Gasteiger partial charge in [-0.25, -0.2) is 4.98 Å². The van der Waals surface area contributed by atoms with Gasteiger partial charge < -0.3 is 23.7 Å². The number of nitrogens with zero attached hydrogens (tertiary/aromatic N) is 3. The van der Waals surface area contributed by atoms with E-state index < -0.39 is 0 Å². The highest BCUT2D eigenvalue weighted by atomic mass is 32.1. The molecule has 0 atom stereocenters. The molecule has 160 valence electrons. The van der Waals surface area contributed by atoms with Crippen molar-refractivity contribution in [3.63, 3.8) is 0 Å². The fourth-order valence-electron chi connectivity index (χ4n) is 3.82. The van der Waals surface area contributed by atoms with E-state index in [-0.39, 0.29) is 5.91 Å². The number of carbonyl (C=O) groups is 1. The van der Waals surface area contributed by atoms with Gasteiger partial charge in [0.25, 0.3) is 5.91 Å². The number of piperazine rings is 1. The van der Waals surface area contributed by atoms with E-state index in [9.17, 15) is 4.79 Å². The number of thiazole rings is 1. The van der Waals surface area contributed by atoms with Crippen LogP contribution in [0.15, 0.2) is 46.9 Å². The number of amides is 1. The summed E-state index contributed by atoms with van der Waals surface area (Å²) in [6, 6.07) is 13.4. The van der Waals surface area contributed by atoms with Crippen molar-refractivity contribution in [2.24, 2.45) is 0 Å². The Hall–Kier alpha value is -3.26. The first-order valence-electron chi connectivity index (χ1n) is 10.3. The minimum atomic E-state index is -0.0904. The van der Waals surface area contributed by atoms with Crippen molar-refractivity contribution < 1.29 is 18.7 Å². The number of fused-ring (bicyclic) bond motifs is 2. The molecule has 1 aliphatic rings. The Balaban J connectivity index is 1.29. The van der Waals surface area contributed by atoms with Crippen molar-refractivity contribution in [1.29, 1.82) is 0 Å². The van der Waals surface area contributed by atoms with E-state index >= 15 is 0 Å². The van der Waals surface area contributed by atoms with Gasteiger partial charge in [-0.2, -0.15) is 0 Å². The molecule has 1 saturated heterocycles. The molecule has 0 spiro atoms. The van der Waals surface area contributed by atoms with Crippen LogP contribution in [0.1, 0.15) is 17.5 Å². The number of carbonyl (C=O) groups excluding carboxylic acids is 1. The zero-order valence-corrected chi connectivity index (χ0v) is 18.3. The maximum Gasteiger partial charge on any atom is 0.289 e. The van der Waals surface area contributed by atoms with Gasteiger partial charge in [0.1, 0.15) is 5.75 Å². The summed E-state index contributed by atoms with van der Waals surface area (Å²) in [7, 11) is 1.67. The van der Waals surface area contributed by atoms with E-state index in [1.807, 2.05) is 48.2 Å². The second kappa shape index (κ2) is 8.11. The molecule has 1 aliphatic heterocycles.